The first-order valence-electron chi connectivity index (χ1n) is 10.9. The number of benzene rings is 3. The number of hydrogen-bond donors (Lipinski definition) is 0. The normalized spacial score (nSPS) is 10.9. The second kappa shape index (κ2) is 9.65. The molecule has 0 fully saturated rings. The molecule has 0 spiro atoms. The number of aryl methyl sites for hydroxylation is 2. The maximum atomic E-state index is 12.8. The quantitative estimate of drug-likeness (QED) is 0.243. The summed E-state index contributed by atoms with van der Waals surface area (Å²) in [4.78, 5) is 24.8. The molecule has 0 saturated heterocycles. The first-order chi connectivity index (χ1) is 15.5. The highest BCUT2D eigenvalue weighted by molar-refractivity contribution is 5.98. The van der Waals surface area contributed by atoms with Crippen LogP contribution in [0.15, 0.2) is 82.0 Å². The molecule has 0 amide bonds. The van der Waals surface area contributed by atoms with Crippen LogP contribution < -0.4 is 10.4 Å². The highest BCUT2D eigenvalue weighted by atomic mass is 16.5. The largest absolute Gasteiger partial charge is 0.485 e. The summed E-state index contributed by atoms with van der Waals surface area (Å²) >= 11 is 0. The van der Waals surface area contributed by atoms with Gasteiger partial charge in [-0.25, -0.2) is 4.79 Å². The molecule has 0 unspecified atom stereocenters. The van der Waals surface area contributed by atoms with Crippen molar-refractivity contribution in [3.63, 3.8) is 0 Å². The summed E-state index contributed by atoms with van der Waals surface area (Å²) in [7, 11) is 0. The molecule has 4 rings (SSSR count). The van der Waals surface area contributed by atoms with Gasteiger partial charge in [-0.1, -0.05) is 67.9 Å². The number of hydrogen-bond acceptors (Lipinski definition) is 4. The molecule has 0 bridgehead atoms. The van der Waals surface area contributed by atoms with E-state index in [2.05, 4.69) is 6.92 Å². The van der Waals surface area contributed by atoms with E-state index in [4.69, 9.17) is 9.15 Å². The van der Waals surface area contributed by atoms with Crippen molar-refractivity contribution in [1.82, 2.24) is 0 Å². The van der Waals surface area contributed by atoms with Crippen LogP contribution in [0.4, 0.5) is 0 Å². The van der Waals surface area contributed by atoms with Crippen molar-refractivity contribution in [3.05, 3.63) is 99.9 Å². The Morgan fingerprint density at radius 2 is 1.66 bits per heavy atom. The summed E-state index contributed by atoms with van der Waals surface area (Å²) in [5, 5.41) is 0.774. The Balaban J connectivity index is 1.57. The van der Waals surface area contributed by atoms with Crippen molar-refractivity contribution in [2.75, 3.05) is 6.61 Å². The fourth-order valence-electron chi connectivity index (χ4n) is 3.85. The van der Waals surface area contributed by atoms with Gasteiger partial charge in [-0.2, -0.15) is 0 Å². The van der Waals surface area contributed by atoms with Crippen LogP contribution in [0.25, 0.3) is 22.1 Å². The molecular formula is C28H26O4. The zero-order chi connectivity index (χ0) is 22.5. The third kappa shape index (κ3) is 4.80. The van der Waals surface area contributed by atoms with E-state index in [1.807, 2.05) is 73.7 Å². The van der Waals surface area contributed by atoms with Crippen molar-refractivity contribution in [2.24, 2.45) is 0 Å². The summed E-state index contributed by atoms with van der Waals surface area (Å²) in [6.45, 7) is 3.93. The van der Waals surface area contributed by atoms with Crippen LogP contribution in [0.2, 0.25) is 0 Å². The van der Waals surface area contributed by atoms with Gasteiger partial charge in [0, 0.05) is 11.6 Å². The minimum Gasteiger partial charge on any atom is -0.485 e. The predicted octanol–water partition coefficient (Wildman–Crippen LogP) is 6.37. The minimum absolute atomic E-state index is 0.0877. The lowest BCUT2D eigenvalue weighted by molar-refractivity contribution is 0.0922. The van der Waals surface area contributed by atoms with Crippen molar-refractivity contribution in [2.45, 2.75) is 33.1 Å². The minimum atomic E-state index is -0.366. The van der Waals surface area contributed by atoms with E-state index < -0.39 is 0 Å². The molecule has 0 atom stereocenters. The molecular weight excluding hydrogens is 400 g/mol. The number of ether oxygens (including phenoxy) is 1. The Bertz CT molecular complexity index is 1290. The third-order valence-corrected chi connectivity index (χ3v) is 5.51. The van der Waals surface area contributed by atoms with Crippen LogP contribution in [0.1, 0.15) is 41.3 Å². The molecule has 162 valence electrons. The van der Waals surface area contributed by atoms with Gasteiger partial charge in [0.15, 0.2) is 12.4 Å². The average molecular weight is 427 g/mol. The number of ketones is 1. The molecule has 0 radical (unpaired) electrons. The average Bonchev–Trinajstić information content (AvgIpc) is 2.81. The number of fused-ring (bicyclic) bond motifs is 1. The van der Waals surface area contributed by atoms with E-state index in [1.54, 1.807) is 0 Å². The first kappa shape index (κ1) is 21.6. The number of carbonyl (C=O) groups excluding carboxylic acids is 1. The molecule has 0 aliphatic carbocycles. The molecule has 4 nitrogen and oxygen atoms in total. The molecule has 32 heavy (non-hydrogen) atoms. The Morgan fingerprint density at radius 1 is 0.938 bits per heavy atom. The van der Waals surface area contributed by atoms with Gasteiger partial charge >= 0.3 is 5.63 Å². The maximum Gasteiger partial charge on any atom is 0.336 e. The van der Waals surface area contributed by atoms with Gasteiger partial charge in [0.2, 0.25) is 0 Å². The molecule has 4 heteroatoms. The Hall–Kier alpha value is -3.66. The summed E-state index contributed by atoms with van der Waals surface area (Å²) in [6.07, 6.45) is 2.73. The van der Waals surface area contributed by atoms with Crippen molar-refractivity contribution >= 4 is 16.8 Å². The topological polar surface area (TPSA) is 56.5 Å². The smallest absolute Gasteiger partial charge is 0.336 e. The van der Waals surface area contributed by atoms with Gasteiger partial charge in [0.25, 0.3) is 0 Å². The highest BCUT2D eigenvalue weighted by Gasteiger charge is 2.15. The molecule has 1 heterocycles. The lowest BCUT2D eigenvalue weighted by atomic mass is 10.0. The SMILES string of the molecule is CCCCc1cc(=O)oc2cc(C)cc(OCC(=O)c3ccc(-c4ccccc4)cc3)c12. The Morgan fingerprint density at radius 3 is 2.38 bits per heavy atom. The fourth-order valence-corrected chi connectivity index (χ4v) is 3.85. The molecule has 3 aromatic carbocycles. The molecule has 0 aliphatic rings. The maximum absolute atomic E-state index is 12.8. The summed E-state index contributed by atoms with van der Waals surface area (Å²) in [5.41, 5.74) is 4.70. The Labute approximate surface area is 187 Å². The monoisotopic (exact) mass is 426 g/mol. The van der Waals surface area contributed by atoms with Crippen LogP contribution in [0.5, 0.6) is 5.75 Å². The highest BCUT2D eigenvalue weighted by Crippen LogP contribution is 2.31. The van der Waals surface area contributed by atoms with E-state index in [0.717, 1.165) is 46.9 Å². The van der Waals surface area contributed by atoms with Crippen molar-refractivity contribution in [3.8, 4) is 16.9 Å². The van der Waals surface area contributed by atoms with Crippen LogP contribution in [0, 0.1) is 6.92 Å². The van der Waals surface area contributed by atoms with Crippen LogP contribution in [0.3, 0.4) is 0 Å². The molecule has 0 saturated carbocycles. The van der Waals surface area contributed by atoms with E-state index in [0.29, 0.717) is 16.9 Å². The lowest BCUT2D eigenvalue weighted by Crippen LogP contribution is -2.12. The number of rotatable bonds is 8. The van der Waals surface area contributed by atoms with Crippen molar-refractivity contribution in [1.29, 1.82) is 0 Å². The van der Waals surface area contributed by atoms with Gasteiger partial charge < -0.3 is 9.15 Å². The molecule has 0 aliphatic heterocycles. The van der Waals surface area contributed by atoms with E-state index in [1.165, 1.54) is 6.07 Å². The predicted molar refractivity (Wildman–Crippen MR) is 128 cm³/mol. The molecule has 1 aromatic heterocycles. The first-order valence-corrected chi connectivity index (χ1v) is 10.9. The van der Waals surface area contributed by atoms with Gasteiger partial charge in [0.1, 0.15) is 11.3 Å². The van der Waals surface area contributed by atoms with E-state index in [-0.39, 0.29) is 18.0 Å². The summed E-state index contributed by atoms with van der Waals surface area (Å²) in [6, 6.07) is 22.8. The zero-order valence-electron chi connectivity index (χ0n) is 18.4. The summed E-state index contributed by atoms with van der Waals surface area (Å²) < 4.78 is 11.4. The fraction of sp³-hybridized carbons (Fsp3) is 0.214. The van der Waals surface area contributed by atoms with Crippen molar-refractivity contribution < 1.29 is 13.9 Å². The third-order valence-electron chi connectivity index (χ3n) is 5.51. The lowest BCUT2D eigenvalue weighted by Gasteiger charge is -2.13. The van der Waals surface area contributed by atoms with Crippen LogP contribution >= 0.6 is 0 Å². The van der Waals surface area contributed by atoms with Crippen LogP contribution in [-0.2, 0) is 6.42 Å². The van der Waals surface area contributed by atoms with Gasteiger partial charge in [-0.05, 0) is 54.2 Å². The van der Waals surface area contributed by atoms with Gasteiger partial charge in [0.05, 0.1) is 5.39 Å². The number of Topliss-reactive ketones (excluding diaryl/α,β-unsaturated/α-hetero) is 1. The van der Waals surface area contributed by atoms with E-state index >= 15 is 0 Å². The van der Waals surface area contributed by atoms with E-state index in [9.17, 15) is 9.59 Å². The second-order valence-corrected chi connectivity index (χ2v) is 7.99. The van der Waals surface area contributed by atoms with Gasteiger partial charge in [-0.3, -0.25) is 4.79 Å². The summed E-state index contributed by atoms with van der Waals surface area (Å²) in [5.74, 6) is 0.468. The van der Waals surface area contributed by atoms with Gasteiger partial charge in [-0.15, -0.1) is 0 Å². The molecule has 4 aromatic rings. The standard InChI is InChI=1S/C28H26O4/c1-3-4-8-23-17-27(30)32-26-16-19(2)15-25(28(23)26)31-18-24(29)22-13-11-21(12-14-22)20-9-6-5-7-10-20/h5-7,9-17H,3-4,8,18H2,1-2H3. The molecule has 0 N–H and O–H groups in total. The Kier molecular flexibility index (Phi) is 6.50. The number of unbranched alkanes of at least 4 members (excludes halogenated alkanes) is 1. The number of carbonyl (C=O) groups is 1. The van der Waals surface area contributed by atoms with Crippen LogP contribution in [-0.4, -0.2) is 12.4 Å². The zero-order valence-corrected chi connectivity index (χ0v) is 18.4. The second-order valence-electron chi connectivity index (χ2n) is 7.99.